The first-order valence-electron chi connectivity index (χ1n) is 10.8. The zero-order valence-electron chi connectivity index (χ0n) is 18.7. The fourth-order valence-corrected chi connectivity index (χ4v) is 6.86. The third-order valence-electron chi connectivity index (χ3n) is 5.99. The summed E-state index contributed by atoms with van der Waals surface area (Å²) < 4.78 is 26.7. The lowest BCUT2D eigenvalue weighted by Crippen LogP contribution is -2.36. The molecule has 4 aromatic rings. The second-order valence-electron chi connectivity index (χ2n) is 8.47. The number of fused-ring (bicyclic) bond motifs is 3. The van der Waals surface area contributed by atoms with Crippen molar-refractivity contribution >= 4 is 44.2 Å². The number of nitrogens with one attached hydrogen (secondary N) is 1. The minimum absolute atomic E-state index is 0.0238. The molecular formula is C23H23N5O4S2. The van der Waals surface area contributed by atoms with Gasteiger partial charge >= 0.3 is 0 Å². The first-order valence-corrected chi connectivity index (χ1v) is 13.6. The summed E-state index contributed by atoms with van der Waals surface area (Å²) in [5, 5.41) is 12.4. The summed E-state index contributed by atoms with van der Waals surface area (Å²) in [6.45, 7) is 3.89. The highest BCUT2D eigenvalue weighted by atomic mass is 32.2. The predicted molar refractivity (Wildman–Crippen MR) is 131 cm³/mol. The van der Waals surface area contributed by atoms with Gasteiger partial charge in [0.1, 0.15) is 0 Å². The molecule has 11 heteroatoms. The maximum absolute atomic E-state index is 13.5. The number of hydrogen-bond acceptors (Lipinski definition) is 7. The molecule has 1 amide bonds. The van der Waals surface area contributed by atoms with Crippen LogP contribution in [0.3, 0.4) is 0 Å². The van der Waals surface area contributed by atoms with Crippen LogP contribution in [0.2, 0.25) is 0 Å². The smallest absolute Gasteiger partial charge is 0.267 e. The highest BCUT2D eigenvalue weighted by molar-refractivity contribution is 7.99. The lowest BCUT2D eigenvalue weighted by molar-refractivity contribution is -0.119. The standard InChI is InChI=1S/C23H23N5O4S2/c1-14-6-5-7-15(2)20(14)28-21(30)17-8-3-4-9-18(17)27-22(28)25-26-23(27)33-12-19(29)24-16-10-11-34(31,32)13-16/h3-9,16H,10-13H2,1-2H3,(H,24,29). The summed E-state index contributed by atoms with van der Waals surface area (Å²) in [5.41, 5.74) is 3.08. The van der Waals surface area contributed by atoms with Gasteiger partial charge in [0.15, 0.2) is 15.0 Å². The van der Waals surface area contributed by atoms with E-state index in [2.05, 4.69) is 15.5 Å². The summed E-state index contributed by atoms with van der Waals surface area (Å²) in [6, 6.07) is 12.7. The van der Waals surface area contributed by atoms with Crippen LogP contribution in [0.25, 0.3) is 22.4 Å². The normalized spacial score (nSPS) is 17.4. The van der Waals surface area contributed by atoms with Crippen molar-refractivity contribution in [3.63, 3.8) is 0 Å². The SMILES string of the molecule is Cc1cccc(C)c1-n1c(=O)c2ccccc2n2c(SCC(=O)NC3CCS(=O)(=O)C3)nnc12. The summed E-state index contributed by atoms with van der Waals surface area (Å²) >= 11 is 1.19. The highest BCUT2D eigenvalue weighted by Crippen LogP contribution is 2.25. The van der Waals surface area contributed by atoms with E-state index >= 15 is 0 Å². The largest absolute Gasteiger partial charge is 0.352 e. The van der Waals surface area contributed by atoms with Crippen molar-refractivity contribution in [1.82, 2.24) is 24.5 Å². The molecule has 2 aromatic heterocycles. The van der Waals surface area contributed by atoms with Crippen molar-refractivity contribution in [1.29, 1.82) is 0 Å². The van der Waals surface area contributed by atoms with Gasteiger partial charge in [0.05, 0.1) is 33.8 Å². The van der Waals surface area contributed by atoms with E-state index < -0.39 is 9.84 Å². The molecule has 1 aliphatic heterocycles. The number of carbonyl (C=O) groups excluding carboxylic acids is 1. The number of para-hydroxylation sites is 2. The Morgan fingerprint density at radius 3 is 2.56 bits per heavy atom. The Kier molecular flexibility index (Phi) is 5.68. The minimum atomic E-state index is -3.08. The molecule has 1 N–H and O–H groups in total. The molecule has 9 nitrogen and oxygen atoms in total. The molecule has 1 unspecified atom stereocenters. The second kappa shape index (κ2) is 8.55. The molecule has 0 bridgehead atoms. The number of hydrogen-bond donors (Lipinski definition) is 1. The number of thioether (sulfide) groups is 1. The Balaban J connectivity index is 1.56. The molecule has 5 rings (SSSR count). The third kappa shape index (κ3) is 3.98. The topological polar surface area (TPSA) is 115 Å². The number of carbonyl (C=O) groups is 1. The number of aromatic nitrogens is 4. The molecule has 1 atom stereocenters. The van der Waals surface area contributed by atoms with Gasteiger partial charge in [-0.15, -0.1) is 10.2 Å². The molecular weight excluding hydrogens is 474 g/mol. The lowest BCUT2D eigenvalue weighted by atomic mass is 10.1. The molecule has 0 saturated carbocycles. The predicted octanol–water partition coefficient (Wildman–Crippen LogP) is 2.05. The van der Waals surface area contributed by atoms with Crippen molar-refractivity contribution in [2.24, 2.45) is 0 Å². The van der Waals surface area contributed by atoms with Gasteiger partial charge in [0, 0.05) is 6.04 Å². The van der Waals surface area contributed by atoms with Gasteiger partial charge in [-0.1, -0.05) is 42.1 Å². The monoisotopic (exact) mass is 497 g/mol. The lowest BCUT2D eigenvalue weighted by Gasteiger charge is -2.15. The van der Waals surface area contributed by atoms with Gasteiger partial charge in [-0.25, -0.2) is 13.0 Å². The van der Waals surface area contributed by atoms with E-state index in [0.29, 0.717) is 28.3 Å². The maximum atomic E-state index is 13.5. The van der Waals surface area contributed by atoms with Crippen LogP contribution in [-0.4, -0.2) is 56.8 Å². The molecule has 0 radical (unpaired) electrons. The zero-order valence-corrected chi connectivity index (χ0v) is 20.3. The van der Waals surface area contributed by atoms with E-state index in [4.69, 9.17) is 0 Å². The van der Waals surface area contributed by atoms with Gasteiger partial charge in [0.25, 0.3) is 5.56 Å². The zero-order chi connectivity index (χ0) is 24.0. The van der Waals surface area contributed by atoms with Gasteiger partial charge in [-0.3, -0.25) is 14.0 Å². The van der Waals surface area contributed by atoms with Crippen molar-refractivity contribution in [2.75, 3.05) is 17.3 Å². The number of benzene rings is 2. The van der Waals surface area contributed by atoms with Crippen LogP contribution < -0.4 is 10.9 Å². The summed E-state index contributed by atoms with van der Waals surface area (Å²) in [7, 11) is -3.08. The number of amides is 1. The molecule has 0 aliphatic carbocycles. The Morgan fingerprint density at radius 2 is 1.85 bits per heavy atom. The second-order valence-corrected chi connectivity index (χ2v) is 11.6. The summed E-state index contributed by atoms with van der Waals surface area (Å²) in [5.74, 6) is 0.224. The molecule has 1 fully saturated rings. The van der Waals surface area contributed by atoms with Crippen molar-refractivity contribution in [3.8, 4) is 5.69 Å². The van der Waals surface area contributed by atoms with Gasteiger partial charge in [-0.2, -0.15) is 0 Å². The summed E-state index contributed by atoms with van der Waals surface area (Å²) in [4.78, 5) is 26.0. The van der Waals surface area contributed by atoms with E-state index in [1.807, 2.05) is 50.2 Å². The Labute approximate surface area is 200 Å². The minimum Gasteiger partial charge on any atom is -0.352 e. The first kappa shape index (κ1) is 22.6. The Morgan fingerprint density at radius 1 is 1.12 bits per heavy atom. The van der Waals surface area contributed by atoms with Crippen LogP contribution in [0.1, 0.15) is 17.5 Å². The maximum Gasteiger partial charge on any atom is 0.267 e. The highest BCUT2D eigenvalue weighted by Gasteiger charge is 2.29. The number of nitrogens with zero attached hydrogens (tertiary/aromatic N) is 4. The number of sulfone groups is 1. The molecule has 1 aliphatic rings. The van der Waals surface area contributed by atoms with Crippen molar-refractivity contribution in [3.05, 3.63) is 63.9 Å². The van der Waals surface area contributed by atoms with E-state index in [1.54, 1.807) is 15.0 Å². The average Bonchev–Trinajstić information content (AvgIpc) is 3.37. The van der Waals surface area contributed by atoms with E-state index in [9.17, 15) is 18.0 Å². The fraction of sp³-hybridized carbons (Fsp3) is 0.304. The quantitative estimate of drug-likeness (QED) is 0.420. The number of rotatable bonds is 5. The van der Waals surface area contributed by atoms with Crippen LogP contribution in [0.4, 0.5) is 0 Å². The van der Waals surface area contributed by atoms with E-state index in [1.165, 1.54) is 11.8 Å². The first-order chi connectivity index (χ1) is 16.2. The van der Waals surface area contributed by atoms with Gasteiger partial charge in [-0.05, 0) is 43.5 Å². The van der Waals surface area contributed by atoms with Crippen LogP contribution in [-0.2, 0) is 14.6 Å². The molecule has 3 heterocycles. The molecule has 176 valence electrons. The average molecular weight is 498 g/mol. The third-order valence-corrected chi connectivity index (χ3v) is 8.68. The van der Waals surface area contributed by atoms with Gasteiger partial charge < -0.3 is 5.32 Å². The fourth-order valence-electron chi connectivity index (χ4n) is 4.44. The van der Waals surface area contributed by atoms with E-state index in [0.717, 1.165) is 16.8 Å². The van der Waals surface area contributed by atoms with Crippen molar-refractivity contribution < 1.29 is 13.2 Å². The Bertz CT molecular complexity index is 1590. The van der Waals surface area contributed by atoms with Crippen LogP contribution >= 0.6 is 11.8 Å². The molecule has 2 aromatic carbocycles. The van der Waals surface area contributed by atoms with Crippen LogP contribution in [0.15, 0.2) is 52.4 Å². The van der Waals surface area contributed by atoms with Crippen LogP contribution in [0.5, 0.6) is 0 Å². The molecule has 1 saturated heterocycles. The van der Waals surface area contributed by atoms with Crippen molar-refractivity contribution in [2.45, 2.75) is 31.5 Å². The molecule has 34 heavy (non-hydrogen) atoms. The summed E-state index contributed by atoms with van der Waals surface area (Å²) in [6.07, 6.45) is 0.430. The number of aryl methyl sites for hydroxylation is 2. The van der Waals surface area contributed by atoms with Gasteiger partial charge in [0.2, 0.25) is 11.7 Å². The Hall–Kier alpha value is -3.18. The van der Waals surface area contributed by atoms with E-state index in [-0.39, 0.29) is 34.8 Å². The van der Waals surface area contributed by atoms with Crippen LogP contribution in [0, 0.1) is 13.8 Å². The molecule has 0 spiro atoms.